The van der Waals surface area contributed by atoms with Crippen molar-refractivity contribution in [2.45, 2.75) is 18.5 Å². The first kappa shape index (κ1) is 13.5. The quantitative estimate of drug-likeness (QED) is 0.508. The summed E-state index contributed by atoms with van der Waals surface area (Å²) in [6.45, 7) is 2.66. The van der Waals surface area contributed by atoms with Gasteiger partial charge in [-0.25, -0.2) is 4.79 Å². The lowest BCUT2D eigenvalue weighted by atomic mass is 10.3. The molecule has 0 spiro atoms. The average molecular weight is 290 g/mol. The standard InChI is InChI=1S/C11H14O5S2/c1-2-13-10(12)11(17)15-4-7-3-14-8-5-18-6-9(8)16-7/h5-7,11,17H,2-4H2,1H3. The maximum absolute atomic E-state index is 11.3. The van der Waals surface area contributed by atoms with Crippen molar-refractivity contribution in [2.24, 2.45) is 0 Å². The summed E-state index contributed by atoms with van der Waals surface area (Å²) in [6, 6.07) is 0. The van der Waals surface area contributed by atoms with Crippen LogP contribution in [0.4, 0.5) is 0 Å². The maximum atomic E-state index is 11.3. The van der Waals surface area contributed by atoms with Crippen molar-refractivity contribution >= 4 is 29.9 Å². The molecule has 5 nitrogen and oxygen atoms in total. The van der Waals surface area contributed by atoms with Gasteiger partial charge in [0.1, 0.15) is 6.61 Å². The molecule has 18 heavy (non-hydrogen) atoms. The summed E-state index contributed by atoms with van der Waals surface area (Å²) in [5.74, 6) is 0.976. The molecular formula is C11H14O5S2. The lowest BCUT2D eigenvalue weighted by Crippen LogP contribution is -2.35. The van der Waals surface area contributed by atoms with Crippen molar-refractivity contribution in [3.8, 4) is 11.5 Å². The van der Waals surface area contributed by atoms with Crippen molar-refractivity contribution in [2.75, 3.05) is 19.8 Å². The fraction of sp³-hybridized carbons (Fsp3) is 0.545. The number of rotatable bonds is 5. The lowest BCUT2D eigenvalue weighted by molar-refractivity contribution is -0.152. The van der Waals surface area contributed by atoms with Crippen molar-refractivity contribution in [3.05, 3.63) is 10.8 Å². The minimum absolute atomic E-state index is 0.224. The van der Waals surface area contributed by atoms with E-state index in [2.05, 4.69) is 12.6 Å². The number of thiophene rings is 1. The molecular weight excluding hydrogens is 276 g/mol. The van der Waals surface area contributed by atoms with Gasteiger partial charge in [0.15, 0.2) is 23.0 Å². The van der Waals surface area contributed by atoms with Crippen LogP contribution in [0.2, 0.25) is 0 Å². The van der Waals surface area contributed by atoms with E-state index in [4.69, 9.17) is 18.9 Å². The molecule has 2 rings (SSSR count). The Kier molecular flexibility index (Phi) is 4.73. The number of ether oxygens (including phenoxy) is 4. The molecule has 0 aromatic carbocycles. The maximum Gasteiger partial charge on any atom is 0.345 e. The summed E-state index contributed by atoms with van der Waals surface area (Å²) in [7, 11) is 0. The molecule has 1 aliphatic heterocycles. The van der Waals surface area contributed by atoms with Gasteiger partial charge in [-0.05, 0) is 6.92 Å². The van der Waals surface area contributed by atoms with Gasteiger partial charge >= 0.3 is 5.97 Å². The number of carbonyl (C=O) groups excluding carboxylic acids is 1. The molecule has 0 saturated carbocycles. The Hall–Kier alpha value is -0.920. The Labute approximate surface area is 114 Å². The summed E-state index contributed by atoms with van der Waals surface area (Å²) in [5.41, 5.74) is -0.891. The van der Waals surface area contributed by atoms with Gasteiger partial charge in [-0.2, -0.15) is 0 Å². The summed E-state index contributed by atoms with van der Waals surface area (Å²) < 4.78 is 21.2. The Bertz CT molecular complexity index is 406. The highest BCUT2D eigenvalue weighted by Crippen LogP contribution is 2.35. The van der Waals surface area contributed by atoms with E-state index in [1.54, 1.807) is 6.92 Å². The molecule has 1 aliphatic rings. The highest BCUT2D eigenvalue weighted by atomic mass is 32.1. The minimum atomic E-state index is -0.891. The molecule has 0 bridgehead atoms. The lowest BCUT2D eigenvalue weighted by Gasteiger charge is -2.25. The SMILES string of the molecule is CCOC(=O)C(S)OCC1COc2cscc2O1. The van der Waals surface area contributed by atoms with E-state index in [1.165, 1.54) is 11.3 Å². The molecule has 0 amide bonds. The van der Waals surface area contributed by atoms with E-state index in [1.807, 2.05) is 10.8 Å². The molecule has 0 aliphatic carbocycles. The largest absolute Gasteiger partial charge is 0.485 e. The third-order valence-electron chi connectivity index (χ3n) is 2.24. The van der Waals surface area contributed by atoms with Gasteiger partial charge in [0.05, 0.1) is 13.2 Å². The van der Waals surface area contributed by atoms with E-state index in [-0.39, 0.29) is 12.7 Å². The molecule has 0 radical (unpaired) electrons. The zero-order valence-corrected chi connectivity index (χ0v) is 11.5. The predicted molar refractivity (Wildman–Crippen MR) is 69.6 cm³/mol. The number of esters is 1. The van der Waals surface area contributed by atoms with Crippen LogP contribution in [-0.2, 0) is 14.3 Å². The molecule has 2 heterocycles. The fourth-order valence-electron chi connectivity index (χ4n) is 1.42. The minimum Gasteiger partial charge on any atom is -0.485 e. The highest BCUT2D eigenvalue weighted by Gasteiger charge is 2.24. The van der Waals surface area contributed by atoms with Crippen LogP contribution in [0.1, 0.15) is 6.92 Å². The second-order valence-corrected chi connectivity index (χ2v) is 4.80. The van der Waals surface area contributed by atoms with Crippen LogP contribution >= 0.6 is 24.0 Å². The topological polar surface area (TPSA) is 54.0 Å². The highest BCUT2D eigenvalue weighted by molar-refractivity contribution is 7.81. The first-order valence-corrected chi connectivity index (χ1v) is 6.98. The number of hydrogen-bond acceptors (Lipinski definition) is 7. The van der Waals surface area contributed by atoms with Crippen molar-refractivity contribution in [1.29, 1.82) is 0 Å². The molecule has 0 fully saturated rings. The number of fused-ring (bicyclic) bond motifs is 1. The molecule has 0 saturated heterocycles. The van der Waals surface area contributed by atoms with Crippen LogP contribution in [0.15, 0.2) is 10.8 Å². The molecule has 2 atom stereocenters. The van der Waals surface area contributed by atoms with E-state index < -0.39 is 11.4 Å². The zero-order valence-electron chi connectivity index (χ0n) is 9.83. The molecule has 7 heteroatoms. The second-order valence-electron chi connectivity index (χ2n) is 3.59. The molecule has 1 aromatic heterocycles. The van der Waals surface area contributed by atoms with Crippen LogP contribution < -0.4 is 9.47 Å². The average Bonchev–Trinajstić information content (AvgIpc) is 2.83. The predicted octanol–water partition coefficient (Wildman–Crippen LogP) is 1.72. The molecule has 100 valence electrons. The number of hydrogen-bond donors (Lipinski definition) is 1. The van der Waals surface area contributed by atoms with E-state index in [9.17, 15) is 4.79 Å². The summed E-state index contributed by atoms with van der Waals surface area (Å²) in [4.78, 5) is 11.3. The number of carbonyl (C=O) groups is 1. The van der Waals surface area contributed by atoms with Crippen LogP contribution in [-0.4, -0.2) is 37.3 Å². The van der Waals surface area contributed by atoms with Gasteiger partial charge in [0, 0.05) is 10.8 Å². The van der Waals surface area contributed by atoms with Gasteiger partial charge in [0.25, 0.3) is 0 Å². The summed E-state index contributed by atoms with van der Waals surface area (Å²) in [5, 5.41) is 3.75. The van der Waals surface area contributed by atoms with Crippen molar-refractivity contribution in [1.82, 2.24) is 0 Å². The van der Waals surface area contributed by atoms with Gasteiger partial charge in [0.2, 0.25) is 0 Å². The van der Waals surface area contributed by atoms with Crippen LogP contribution in [0.25, 0.3) is 0 Å². The van der Waals surface area contributed by atoms with Gasteiger partial charge in [-0.15, -0.1) is 24.0 Å². The summed E-state index contributed by atoms with van der Waals surface area (Å²) >= 11 is 5.52. The van der Waals surface area contributed by atoms with Crippen molar-refractivity contribution < 1.29 is 23.7 Å². The Balaban J connectivity index is 1.77. The third-order valence-corrected chi connectivity index (χ3v) is 3.30. The van der Waals surface area contributed by atoms with Crippen LogP contribution in [0.5, 0.6) is 11.5 Å². The first-order valence-electron chi connectivity index (χ1n) is 5.52. The Morgan fingerprint density at radius 1 is 1.61 bits per heavy atom. The second kappa shape index (κ2) is 6.31. The van der Waals surface area contributed by atoms with Gasteiger partial charge in [-0.3, -0.25) is 0 Å². The smallest absolute Gasteiger partial charge is 0.345 e. The van der Waals surface area contributed by atoms with Crippen LogP contribution in [0, 0.1) is 0 Å². The zero-order chi connectivity index (χ0) is 13.0. The fourth-order valence-corrected chi connectivity index (χ4v) is 2.26. The molecule has 1 aromatic rings. The van der Waals surface area contributed by atoms with Crippen LogP contribution in [0.3, 0.4) is 0 Å². The number of thiol groups is 1. The first-order chi connectivity index (χ1) is 8.70. The third kappa shape index (κ3) is 3.30. The van der Waals surface area contributed by atoms with Gasteiger partial charge in [-0.1, -0.05) is 0 Å². The van der Waals surface area contributed by atoms with E-state index in [0.29, 0.717) is 19.0 Å². The van der Waals surface area contributed by atoms with Gasteiger partial charge < -0.3 is 18.9 Å². The monoisotopic (exact) mass is 290 g/mol. The Morgan fingerprint density at radius 2 is 2.39 bits per heavy atom. The van der Waals surface area contributed by atoms with E-state index in [0.717, 1.165) is 5.75 Å². The van der Waals surface area contributed by atoms with E-state index >= 15 is 0 Å². The molecule has 2 unspecified atom stereocenters. The molecule has 0 N–H and O–H groups in total. The summed E-state index contributed by atoms with van der Waals surface area (Å²) in [6.07, 6.45) is -0.240. The normalized spacial score (nSPS) is 19.3. The van der Waals surface area contributed by atoms with Crippen molar-refractivity contribution in [3.63, 3.8) is 0 Å². The Morgan fingerprint density at radius 3 is 3.17 bits per heavy atom.